The van der Waals surface area contributed by atoms with Crippen molar-refractivity contribution >= 4 is 50.1 Å². The summed E-state index contributed by atoms with van der Waals surface area (Å²) in [5, 5.41) is 12.6. The Morgan fingerprint density at radius 3 is 2.80 bits per heavy atom. The summed E-state index contributed by atoms with van der Waals surface area (Å²) in [6.07, 6.45) is 2.07. The molecular formula is C12H12FN7O3S2. The zero-order chi connectivity index (χ0) is 18.4. The molecule has 2 aromatic rings. The Balaban J connectivity index is 2.11. The van der Waals surface area contributed by atoms with Crippen molar-refractivity contribution in [3.63, 3.8) is 0 Å². The highest BCUT2D eigenvalue weighted by Gasteiger charge is 2.17. The van der Waals surface area contributed by atoms with Crippen molar-refractivity contribution in [2.75, 3.05) is 10.0 Å². The Bertz CT molecular complexity index is 913. The number of hydrogen-bond acceptors (Lipinski definition) is 7. The number of benzene rings is 1. The van der Waals surface area contributed by atoms with Crippen LogP contribution in [0.15, 0.2) is 39.9 Å². The van der Waals surface area contributed by atoms with Crippen LogP contribution in [0.1, 0.15) is 0 Å². The summed E-state index contributed by atoms with van der Waals surface area (Å²) in [6, 6.07) is 3.00. The molecule has 10 nitrogen and oxygen atoms in total. The second-order valence-corrected chi connectivity index (χ2v) is 6.95. The largest absolute Gasteiger partial charge is 0.369 e. The number of nitrogens with two attached hydrogens (primary N) is 1. The van der Waals surface area contributed by atoms with Crippen LogP contribution >= 0.6 is 11.3 Å². The third-order valence-corrected chi connectivity index (χ3v) is 4.72. The van der Waals surface area contributed by atoms with E-state index in [2.05, 4.69) is 20.1 Å². The van der Waals surface area contributed by atoms with Gasteiger partial charge in [0, 0.05) is 0 Å². The molecule has 0 radical (unpaired) electrons. The van der Waals surface area contributed by atoms with E-state index in [1.54, 1.807) is 0 Å². The molecule has 0 unspecified atom stereocenters. The van der Waals surface area contributed by atoms with E-state index in [0.29, 0.717) is 0 Å². The van der Waals surface area contributed by atoms with Crippen molar-refractivity contribution < 1.29 is 17.6 Å². The molecule has 1 aromatic heterocycles. The van der Waals surface area contributed by atoms with Gasteiger partial charge in [-0.3, -0.25) is 19.9 Å². The van der Waals surface area contributed by atoms with Gasteiger partial charge in [0.2, 0.25) is 5.96 Å². The van der Waals surface area contributed by atoms with Gasteiger partial charge in [-0.25, -0.2) is 18.2 Å². The number of carbonyl (C=O) groups is 1. The van der Waals surface area contributed by atoms with Gasteiger partial charge in [-0.2, -0.15) is 5.10 Å². The van der Waals surface area contributed by atoms with Crippen LogP contribution in [-0.2, 0) is 14.8 Å². The summed E-state index contributed by atoms with van der Waals surface area (Å²) >= 11 is 1.07. The summed E-state index contributed by atoms with van der Waals surface area (Å²) in [5.74, 6) is -2.22. The molecular weight excluding hydrogens is 373 g/mol. The number of nitrogens with zero attached hydrogens (tertiary/aromatic N) is 2. The lowest BCUT2D eigenvalue weighted by Crippen LogP contribution is -2.26. The first-order valence-electron chi connectivity index (χ1n) is 6.43. The number of halogens is 1. The molecule has 6 N–H and O–H groups in total. The minimum Gasteiger partial charge on any atom is -0.369 e. The van der Waals surface area contributed by atoms with Crippen molar-refractivity contribution in [2.45, 2.75) is 4.90 Å². The number of sulfonamides is 1. The maximum atomic E-state index is 14.0. The molecule has 0 aliphatic rings. The first-order chi connectivity index (χ1) is 11.8. The van der Waals surface area contributed by atoms with Gasteiger partial charge in [0.1, 0.15) is 17.0 Å². The average Bonchev–Trinajstić information content (AvgIpc) is 3.01. The van der Waals surface area contributed by atoms with Gasteiger partial charge >= 0.3 is 0 Å². The number of rotatable bonds is 6. The minimum absolute atomic E-state index is 0.240. The fourth-order valence-corrected chi connectivity index (χ4v) is 3.37. The SMILES string of the molecule is N=C(N)N/N=C/C(=O)Nc1ccc(S(=O)(=O)Nc2cncs2)cc1F. The molecule has 0 saturated heterocycles. The molecule has 1 aromatic carbocycles. The van der Waals surface area contributed by atoms with E-state index in [4.69, 9.17) is 11.1 Å². The van der Waals surface area contributed by atoms with Crippen LogP contribution in [0.4, 0.5) is 15.1 Å². The van der Waals surface area contributed by atoms with E-state index in [1.165, 1.54) is 11.7 Å². The van der Waals surface area contributed by atoms with Crippen LogP contribution in [0.25, 0.3) is 0 Å². The minimum atomic E-state index is -3.98. The van der Waals surface area contributed by atoms with E-state index in [0.717, 1.165) is 35.8 Å². The van der Waals surface area contributed by atoms with E-state index >= 15 is 0 Å². The van der Waals surface area contributed by atoms with Crippen molar-refractivity contribution in [2.24, 2.45) is 10.8 Å². The van der Waals surface area contributed by atoms with Gasteiger partial charge in [0.25, 0.3) is 15.9 Å². The molecule has 2 rings (SSSR count). The van der Waals surface area contributed by atoms with Crippen molar-refractivity contribution in [1.29, 1.82) is 5.41 Å². The van der Waals surface area contributed by atoms with Crippen LogP contribution in [0.2, 0.25) is 0 Å². The second kappa shape index (κ2) is 7.67. The Morgan fingerprint density at radius 1 is 1.44 bits per heavy atom. The van der Waals surface area contributed by atoms with Crippen LogP contribution < -0.4 is 21.2 Å². The normalized spacial score (nSPS) is 11.2. The van der Waals surface area contributed by atoms with Crippen LogP contribution in [0, 0.1) is 11.2 Å². The molecule has 132 valence electrons. The number of hydrogen-bond donors (Lipinski definition) is 5. The highest BCUT2D eigenvalue weighted by Crippen LogP contribution is 2.22. The van der Waals surface area contributed by atoms with Gasteiger partial charge in [0.05, 0.1) is 22.3 Å². The monoisotopic (exact) mass is 385 g/mol. The molecule has 0 saturated carbocycles. The number of hydrazone groups is 1. The van der Waals surface area contributed by atoms with Crippen molar-refractivity contribution in [3.8, 4) is 0 Å². The van der Waals surface area contributed by atoms with Gasteiger partial charge in [-0.05, 0) is 18.2 Å². The molecule has 25 heavy (non-hydrogen) atoms. The zero-order valence-corrected chi connectivity index (χ0v) is 14.0. The number of guanidine groups is 1. The lowest BCUT2D eigenvalue weighted by atomic mass is 10.3. The van der Waals surface area contributed by atoms with Crippen molar-refractivity contribution in [1.82, 2.24) is 10.4 Å². The summed E-state index contributed by atoms with van der Waals surface area (Å²) in [5.41, 5.74) is 8.18. The first-order valence-corrected chi connectivity index (χ1v) is 8.79. The van der Waals surface area contributed by atoms with Crippen LogP contribution in [0.3, 0.4) is 0 Å². The Morgan fingerprint density at radius 2 is 2.20 bits per heavy atom. The zero-order valence-electron chi connectivity index (χ0n) is 12.4. The number of aromatic nitrogens is 1. The summed E-state index contributed by atoms with van der Waals surface area (Å²) < 4.78 is 40.6. The molecule has 0 fully saturated rings. The number of thiazole rings is 1. The Hall–Kier alpha value is -3.06. The van der Waals surface area contributed by atoms with E-state index < -0.39 is 27.7 Å². The van der Waals surface area contributed by atoms with Gasteiger partial charge in [-0.1, -0.05) is 0 Å². The Kier molecular flexibility index (Phi) is 5.61. The third kappa shape index (κ3) is 5.22. The van der Waals surface area contributed by atoms with Crippen LogP contribution in [0.5, 0.6) is 0 Å². The van der Waals surface area contributed by atoms with Gasteiger partial charge < -0.3 is 11.1 Å². The predicted octanol–water partition coefficient (Wildman–Crippen LogP) is 0.490. The number of amides is 1. The predicted molar refractivity (Wildman–Crippen MR) is 91.5 cm³/mol. The summed E-state index contributed by atoms with van der Waals surface area (Å²) in [6.45, 7) is 0. The highest BCUT2D eigenvalue weighted by atomic mass is 32.2. The third-order valence-electron chi connectivity index (χ3n) is 2.54. The second-order valence-electron chi connectivity index (χ2n) is 4.39. The van der Waals surface area contributed by atoms with Crippen molar-refractivity contribution in [3.05, 3.63) is 35.7 Å². The van der Waals surface area contributed by atoms with Gasteiger partial charge in [-0.15, -0.1) is 11.3 Å². The lowest BCUT2D eigenvalue weighted by Gasteiger charge is -2.08. The molecule has 13 heteroatoms. The lowest BCUT2D eigenvalue weighted by molar-refractivity contribution is -0.110. The quantitative estimate of drug-likeness (QED) is 0.276. The molecule has 0 spiro atoms. The fourth-order valence-electron chi connectivity index (χ4n) is 1.55. The summed E-state index contributed by atoms with van der Waals surface area (Å²) in [7, 11) is -3.98. The molecule has 0 atom stereocenters. The molecule has 0 aliphatic heterocycles. The maximum Gasteiger partial charge on any atom is 0.268 e. The number of carbonyl (C=O) groups excluding carboxylic acids is 1. The summed E-state index contributed by atoms with van der Waals surface area (Å²) in [4.78, 5) is 14.9. The number of nitrogens with one attached hydrogen (secondary N) is 4. The van der Waals surface area contributed by atoms with E-state index in [1.807, 2.05) is 5.43 Å². The first kappa shape index (κ1) is 18.3. The number of anilines is 2. The smallest absolute Gasteiger partial charge is 0.268 e. The topological polar surface area (TPSA) is 162 Å². The fraction of sp³-hybridized carbons (Fsp3) is 0. The van der Waals surface area contributed by atoms with E-state index in [9.17, 15) is 17.6 Å². The Labute approximate surface area is 145 Å². The van der Waals surface area contributed by atoms with Gasteiger partial charge in [0.15, 0.2) is 0 Å². The molecule has 1 amide bonds. The maximum absolute atomic E-state index is 14.0. The average molecular weight is 385 g/mol. The molecule has 0 aliphatic carbocycles. The standard InChI is InChI=1S/C12H12FN7O3S2/c13-8-3-7(25(22,23)20-11-5-16-6-24-11)1-2-9(8)18-10(21)4-17-19-12(14)15/h1-6,20H,(H,18,21)(H4,14,15,19)/b17-4+. The van der Waals surface area contributed by atoms with Crippen LogP contribution in [-0.4, -0.2) is 31.5 Å². The van der Waals surface area contributed by atoms with E-state index in [-0.39, 0.29) is 15.6 Å². The highest BCUT2D eigenvalue weighted by molar-refractivity contribution is 7.93. The molecule has 1 heterocycles. The molecule has 0 bridgehead atoms.